The molecule has 0 heterocycles. The van der Waals surface area contributed by atoms with Gasteiger partial charge in [-0.15, -0.1) is 0 Å². The van der Waals surface area contributed by atoms with Gasteiger partial charge in [-0.1, -0.05) is 49.4 Å². The third-order valence-electron chi connectivity index (χ3n) is 3.17. The molecule has 0 amide bonds. The molecule has 0 saturated carbocycles. The predicted octanol–water partition coefficient (Wildman–Crippen LogP) is 2.51. The molecule has 3 nitrogen and oxygen atoms in total. The lowest BCUT2D eigenvalue weighted by Crippen LogP contribution is -2.23. The summed E-state index contributed by atoms with van der Waals surface area (Å²) in [5, 5.41) is 10.6. The number of rotatable bonds is 6. The van der Waals surface area contributed by atoms with Crippen LogP contribution in [-0.2, 0) is 11.4 Å². The first-order valence-electron chi connectivity index (χ1n) is 6.61. The second kappa shape index (κ2) is 6.75. The van der Waals surface area contributed by atoms with Crippen molar-refractivity contribution in [3.05, 3.63) is 65.7 Å². The number of carbonyl (C=O) groups excluding carboxylic acids is 1. The van der Waals surface area contributed by atoms with Gasteiger partial charge in [0.1, 0.15) is 12.4 Å². The smallest absolute Gasteiger partial charge is 0.119 e. The zero-order valence-electron chi connectivity index (χ0n) is 11.4. The standard InChI is InChI=1S/C17H18O3/c1-13(11-17(18)19)15-7-9-16(10-8-15)20-12-14-5-3-2-4-6-14/h2-10,13H,11-12H2,1H3,(H,18,19)/p-1. The molecule has 1 atom stereocenters. The van der Waals surface area contributed by atoms with Crippen LogP contribution in [0.15, 0.2) is 54.6 Å². The first kappa shape index (κ1) is 14.1. The molecule has 0 saturated heterocycles. The van der Waals surface area contributed by atoms with Gasteiger partial charge >= 0.3 is 0 Å². The molecule has 3 heteroatoms. The summed E-state index contributed by atoms with van der Waals surface area (Å²) < 4.78 is 5.68. The van der Waals surface area contributed by atoms with Crippen LogP contribution in [0.4, 0.5) is 0 Å². The number of carboxylic acid groups (broad SMARTS) is 1. The second-order valence-corrected chi connectivity index (χ2v) is 4.82. The highest BCUT2D eigenvalue weighted by molar-refractivity contribution is 5.65. The number of hydrogen-bond acceptors (Lipinski definition) is 3. The minimum atomic E-state index is -1.03. The summed E-state index contributed by atoms with van der Waals surface area (Å²) in [6, 6.07) is 17.5. The Morgan fingerprint density at radius 3 is 2.35 bits per heavy atom. The van der Waals surface area contributed by atoms with Crippen LogP contribution in [0.1, 0.15) is 30.4 Å². The van der Waals surface area contributed by atoms with Gasteiger partial charge in [0.05, 0.1) is 0 Å². The van der Waals surface area contributed by atoms with Crippen LogP contribution >= 0.6 is 0 Å². The molecule has 0 bridgehead atoms. The van der Waals surface area contributed by atoms with Crippen molar-refractivity contribution >= 4 is 5.97 Å². The lowest BCUT2D eigenvalue weighted by molar-refractivity contribution is -0.306. The maximum atomic E-state index is 10.6. The van der Waals surface area contributed by atoms with Gasteiger partial charge in [0, 0.05) is 5.97 Å². The van der Waals surface area contributed by atoms with Gasteiger partial charge in [-0.05, 0) is 35.6 Å². The third-order valence-corrected chi connectivity index (χ3v) is 3.17. The summed E-state index contributed by atoms with van der Waals surface area (Å²) >= 11 is 0. The van der Waals surface area contributed by atoms with E-state index in [-0.39, 0.29) is 12.3 Å². The van der Waals surface area contributed by atoms with E-state index < -0.39 is 5.97 Å². The molecular formula is C17H17O3-. The van der Waals surface area contributed by atoms with Crippen molar-refractivity contribution in [2.45, 2.75) is 25.9 Å². The van der Waals surface area contributed by atoms with Gasteiger partial charge in [0.15, 0.2) is 0 Å². The summed E-state index contributed by atoms with van der Waals surface area (Å²) in [6.07, 6.45) is 0.0320. The molecule has 0 aliphatic rings. The largest absolute Gasteiger partial charge is 0.550 e. The molecule has 0 N–H and O–H groups in total. The normalized spacial score (nSPS) is 11.8. The van der Waals surface area contributed by atoms with E-state index in [0.29, 0.717) is 6.61 Å². The maximum Gasteiger partial charge on any atom is 0.119 e. The van der Waals surface area contributed by atoms with E-state index in [2.05, 4.69) is 0 Å². The fraction of sp³-hybridized carbons (Fsp3) is 0.235. The van der Waals surface area contributed by atoms with Gasteiger partial charge in [0.25, 0.3) is 0 Å². The van der Waals surface area contributed by atoms with Crippen molar-refractivity contribution in [2.75, 3.05) is 0 Å². The molecule has 104 valence electrons. The lowest BCUT2D eigenvalue weighted by atomic mass is 9.98. The lowest BCUT2D eigenvalue weighted by Gasteiger charge is -2.13. The highest BCUT2D eigenvalue weighted by Gasteiger charge is 2.06. The van der Waals surface area contributed by atoms with E-state index in [1.807, 2.05) is 61.5 Å². The zero-order chi connectivity index (χ0) is 14.4. The molecule has 0 fully saturated rings. The zero-order valence-corrected chi connectivity index (χ0v) is 11.4. The first-order chi connectivity index (χ1) is 9.65. The van der Waals surface area contributed by atoms with E-state index in [4.69, 9.17) is 4.74 Å². The quantitative estimate of drug-likeness (QED) is 0.809. The van der Waals surface area contributed by atoms with Crippen molar-refractivity contribution in [1.29, 1.82) is 0 Å². The molecule has 0 radical (unpaired) electrons. The number of carboxylic acids is 1. The number of aliphatic carboxylic acids is 1. The minimum Gasteiger partial charge on any atom is -0.550 e. The molecule has 2 aromatic rings. The Kier molecular flexibility index (Phi) is 4.77. The van der Waals surface area contributed by atoms with E-state index in [1.165, 1.54) is 0 Å². The molecular weight excluding hydrogens is 252 g/mol. The summed E-state index contributed by atoms with van der Waals surface area (Å²) in [7, 11) is 0. The molecule has 0 aliphatic heterocycles. The Morgan fingerprint density at radius 1 is 1.10 bits per heavy atom. The van der Waals surface area contributed by atoms with Crippen LogP contribution in [0, 0.1) is 0 Å². The fourth-order valence-electron chi connectivity index (χ4n) is 2.00. The maximum absolute atomic E-state index is 10.6. The van der Waals surface area contributed by atoms with Crippen molar-refractivity contribution in [1.82, 2.24) is 0 Å². The third kappa shape index (κ3) is 4.12. The number of carbonyl (C=O) groups is 1. The minimum absolute atomic E-state index is 0.0320. The molecule has 0 aromatic heterocycles. The molecule has 20 heavy (non-hydrogen) atoms. The number of ether oxygens (including phenoxy) is 1. The SMILES string of the molecule is CC(CC(=O)[O-])c1ccc(OCc2ccccc2)cc1. The van der Waals surface area contributed by atoms with Crippen molar-refractivity contribution in [2.24, 2.45) is 0 Å². The van der Waals surface area contributed by atoms with Crippen molar-refractivity contribution in [3.63, 3.8) is 0 Å². The monoisotopic (exact) mass is 269 g/mol. The Morgan fingerprint density at radius 2 is 1.75 bits per heavy atom. The van der Waals surface area contributed by atoms with E-state index in [0.717, 1.165) is 16.9 Å². The van der Waals surface area contributed by atoms with Gasteiger partial charge in [0.2, 0.25) is 0 Å². The predicted molar refractivity (Wildman–Crippen MR) is 75.3 cm³/mol. The van der Waals surface area contributed by atoms with Gasteiger partial charge in [-0.3, -0.25) is 0 Å². The number of hydrogen-bond donors (Lipinski definition) is 0. The average molecular weight is 269 g/mol. The highest BCUT2D eigenvalue weighted by Crippen LogP contribution is 2.22. The van der Waals surface area contributed by atoms with Crippen molar-refractivity contribution < 1.29 is 14.6 Å². The molecule has 0 aliphatic carbocycles. The molecule has 2 rings (SSSR count). The van der Waals surface area contributed by atoms with Crippen molar-refractivity contribution in [3.8, 4) is 5.75 Å². The summed E-state index contributed by atoms with van der Waals surface area (Å²) in [4.78, 5) is 10.6. The number of benzene rings is 2. The average Bonchev–Trinajstić information content (AvgIpc) is 2.46. The van der Waals surface area contributed by atoms with Crippen LogP contribution in [0.25, 0.3) is 0 Å². The Bertz CT molecular complexity index is 546. The molecule has 2 aromatic carbocycles. The van der Waals surface area contributed by atoms with Crippen LogP contribution < -0.4 is 9.84 Å². The van der Waals surface area contributed by atoms with E-state index in [9.17, 15) is 9.90 Å². The van der Waals surface area contributed by atoms with E-state index >= 15 is 0 Å². The summed E-state index contributed by atoms with van der Waals surface area (Å²) in [6.45, 7) is 2.39. The topological polar surface area (TPSA) is 49.4 Å². The van der Waals surface area contributed by atoms with E-state index in [1.54, 1.807) is 0 Å². The van der Waals surface area contributed by atoms with Gasteiger partial charge in [-0.2, -0.15) is 0 Å². The van der Waals surface area contributed by atoms with Gasteiger partial charge in [-0.25, -0.2) is 0 Å². The van der Waals surface area contributed by atoms with Gasteiger partial charge < -0.3 is 14.6 Å². The molecule has 1 unspecified atom stereocenters. The first-order valence-corrected chi connectivity index (χ1v) is 6.61. The Labute approximate surface area is 118 Å². The van der Waals surface area contributed by atoms with Crippen LogP contribution in [0.3, 0.4) is 0 Å². The van der Waals surface area contributed by atoms with Crippen LogP contribution in [0.5, 0.6) is 5.75 Å². The molecule has 0 spiro atoms. The fourth-order valence-corrected chi connectivity index (χ4v) is 2.00. The van der Waals surface area contributed by atoms with Crippen LogP contribution in [-0.4, -0.2) is 5.97 Å². The Hall–Kier alpha value is -2.29. The summed E-state index contributed by atoms with van der Waals surface area (Å²) in [5.74, 6) is -0.302. The summed E-state index contributed by atoms with van der Waals surface area (Å²) in [5.41, 5.74) is 2.09. The highest BCUT2D eigenvalue weighted by atomic mass is 16.5. The Balaban J connectivity index is 1.93. The van der Waals surface area contributed by atoms with Crippen LogP contribution in [0.2, 0.25) is 0 Å². The second-order valence-electron chi connectivity index (χ2n) is 4.82.